The summed E-state index contributed by atoms with van der Waals surface area (Å²) in [4.78, 5) is 10.6. The Kier molecular flexibility index (Phi) is 4.93. The Bertz CT molecular complexity index is 465. The van der Waals surface area contributed by atoms with E-state index in [1.807, 2.05) is 13.1 Å². The van der Waals surface area contributed by atoms with E-state index in [-0.39, 0.29) is 10.6 Å². The molecule has 0 saturated heterocycles. The van der Waals surface area contributed by atoms with Crippen molar-refractivity contribution in [3.05, 3.63) is 38.3 Å². The largest absolute Gasteiger partial charge is 0.317 e. The fourth-order valence-electron chi connectivity index (χ4n) is 2.98. The van der Waals surface area contributed by atoms with Gasteiger partial charge in [-0.15, -0.1) is 0 Å². The third kappa shape index (κ3) is 3.34. The number of benzene rings is 1. The molecule has 1 aliphatic carbocycles. The van der Waals surface area contributed by atoms with Crippen LogP contribution >= 0.6 is 15.9 Å². The summed E-state index contributed by atoms with van der Waals surface area (Å²) in [7, 11) is 2.01. The maximum atomic E-state index is 10.9. The van der Waals surface area contributed by atoms with Crippen molar-refractivity contribution in [1.29, 1.82) is 0 Å². The summed E-state index contributed by atoms with van der Waals surface area (Å²) in [5, 5.41) is 14.3. The molecule has 5 heteroatoms. The molecular weight excluding hydrogens is 308 g/mol. The van der Waals surface area contributed by atoms with Gasteiger partial charge in [-0.25, -0.2) is 0 Å². The van der Waals surface area contributed by atoms with E-state index in [9.17, 15) is 10.1 Å². The van der Waals surface area contributed by atoms with Crippen LogP contribution in [0, 0.1) is 16.0 Å². The number of rotatable bonds is 4. The van der Waals surface area contributed by atoms with Crippen LogP contribution in [0.4, 0.5) is 5.69 Å². The van der Waals surface area contributed by atoms with Crippen LogP contribution in [0.15, 0.2) is 22.7 Å². The molecule has 0 aliphatic heterocycles. The number of hydrogen-bond acceptors (Lipinski definition) is 3. The van der Waals surface area contributed by atoms with Crippen molar-refractivity contribution in [2.75, 3.05) is 7.05 Å². The third-order valence-corrected chi connectivity index (χ3v) is 4.93. The van der Waals surface area contributed by atoms with Gasteiger partial charge in [-0.2, -0.15) is 0 Å². The molecule has 2 rings (SSSR count). The van der Waals surface area contributed by atoms with Gasteiger partial charge in [0.05, 0.1) is 9.40 Å². The number of nitro groups is 1. The first kappa shape index (κ1) is 14.5. The van der Waals surface area contributed by atoms with Crippen LogP contribution in [0.2, 0.25) is 0 Å². The highest BCUT2D eigenvalue weighted by Gasteiger charge is 2.25. The molecule has 1 aromatic rings. The average Bonchev–Trinajstić information content (AvgIpc) is 2.41. The first-order chi connectivity index (χ1) is 9.13. The molecule has 19 heavy (non-hydrogen) atoms. The van der Waals surface area contributed by atoms with E-state index in [1.54, 1.807) is 12.1 Å². The second-order valence-corrected chi connectivity index (χ2v) is 5.94. The Hall–Kier alpha value is -0.940. The Morgan fingerprint density at radius 2 is 2.16 bits per heavy atom. The summed E-state index contributed by atoms with van der Waals surface area (Å²) >= 11 is 3.39. The normalized spacial score (nSPS) is 23.3. The van der Waals surface area contributed by atoms with Crippen LogP contribution in [-0.4, -0.2) is 18.0 Å². The van der Waals surface area contributed by atoms with Crippen molar-refractivity contribution in [2.45, 2.75) is 38.1 Å². The number of nitrogens with zero attached hydrogens (tertiary/aromatic N) is 1. The van der Waals surface area contributed by atoms with Crippen LogP contribution in [-0.2, 0) is 6.42 Å². The summed E-state index contributed by atoms with van der Waals surface area (Å²) in [6.07, 6.45) is 5.83. The summed E-state index contributed by atoms with van der Waals surface area (Å²) in [6, 6.07) is 5.83. The number of nitrogens with one attached hydrogen (secondary N) is 1. The zero-order valence-corrected chi connectivity index (χ0v) is 12.6. The average molecular weight is 327 g/mol. The molecule has 1 aliphatic rings. The monoisotopic (exact) mass is 326 g/mol. The molecular formula is C14H19BrN2O2. The van der Waals surface area contributed by atoms with Crippen LogP contribution < -0.4 is 5.32 Å². The van der Waals surface area contributed by atoms with Crippen molar-refractivity contribution in [1.82, 2.24) is 5.32 Å². The van der Waals surface area contributed by atoms with Gasteiger partial charge in [0, 0.05) is 12.1 Å². The number of halogens is 1. The molecule has 104 valence electrons. The topological polar surface area (TPSA) is 55.2 Å². The van der Waals surface area contributed by atoms with Crippen LogP contribution in [0.1, 0.15) is 31.2 Å². The lowest BCUT2D eigenvalue weighted by Crippen LogP contribution is -2.37. The number of nitro benzene ring substituents is 1. The Morgan fingerprint density at radius 3 is 2.84 bits per heavy atom. The van der Waals surface area contributed by atoms with Gasteiger partial charge in [0.2, 0.25) is 0 Å². The first-order valence-electron chi connectivity index (χ1n) is 6.72. The van der Waals surface area contributed by atoms with Gasteiger partial charge in [0.15, 0.2) is 0 Å². The van der Waals surface area contributed by atoms with Crippen LogP contribution in [0.3, 0.4) is 0 Å². The predicted molar refractivity (Wildman–Crippen MR) is 79.3 cm³/mol. The Labute approximate surface area is 121 Å². The van der Waals surface area contributed by atoms with E-state index in [2.05, 4.69) is 21.2 Å². The van der Waals surface area contributed by atoms with Crippen molar-refractivity contribution >= 4 is 21.6 Å². The Balaban J connectivity index is 2.18. The minimum absolute atomic E-state index is 0.161. The highest BCUT2D eigenvalue weighted by Crippen LogP contribution is 2.33. The lowest BCUT2D eigenvalue weighted by Gasteiger charge is -2.31. The summed E-state index contributed by atoms with van der Waals surface area (Å²) in [5.74, 6) is 0.567. The lowest BCUT2D eigenvalue weighted by atomic mass is 9.81. The van der Waals surface area contributed by atoms with Gasteiger partial charge in [-0.05, 0) is 53.7 Å². The van der Waals surface area contributed by atoms with Crippen molar-refractivity contribution in [2.24, 2.45) is 5.92 Å². The zero-order chi connectivity index (χ0) is 13.8. The van der Waals surface area contributed by atoms with Crippen LogP contribution in [0.25, 0.3) is 0 Å². The van der Waals surface area contributed by atoms with E-state index < -0.39 is 0 Å². The smallest absolute Gasteiger partial charge is 0.283 e. The minimum Gasteiger partial charge on any atom is -0.317 e. The second kappa shape index (κ2) is 6.48. The molecule has 0 bridgehead atoms. The lowest BCUT2D eigenvalue weighted by molar-refractivity contribution is -0.385. The molecule has 0 radical (unpaired) electrons. The van der Waals surface area contributed by atoms with E-state index >= 15 is 0 Å². The standard InChI is InChI=1S/C14H19BrN2O2/c1-16-12-7-3-2-5-10(12)9-11-6-4-8-13(14(11)15)17(18)19/h4,6,8,10,12,16H,2-3,5,7,9H2,1H3. The molecule has 2 atom stereocenters. The highest BCUT2D eigenvalue weighted by molar-refractivity contribution is 9.10. The molecule has 2 unspecified atom stereocenters. The van der Waals surface area contributed by atoms with E-state index in [1.165, 1.54) is 25.7 Å². The quantitative estimate of drug-likeness (QED) is 0.678. The zero-order valence-electron chi connectivity index (χ0n) is 11.1. The van der Waals surface area contributed by atoms with Gasteiger partial charge in [0.1, 0.15) is 0 Å². The van der Waals surface area contributed by atoms with Crippen molar-refractivity contribution in [3.63, 3.8) is 0 Å². The molecule has 1 N–H and O–H groups in total. The molecule has 1 aromatic carbocycles. The second-order valence-electron chi connectivity index (χ2n) is 5.15. The van der Waals surface area contributed by atoms with E-state index in [0.717, 1.165) is 12.0 Å². The fraction of sp³-hybridized carbons (Fsp3) is 0.571. The third-order valence-electron chi connectivity index (χ3n) is 4.02. The SMILES string of the molecule is CNC1CCCCC1Cc1cccc([N+](=O)[O-])c1Br. The maximum Gasteiger partial charge on any atom is 0.283 e. The van der Waals surface area contributed by atoms with E-state index in [4.69, 9.17) is 0 Å². The molecule has 1 fully saturated rings. The van der Waals surface area contributed by atoms with Gasteiger partial charge < -0.3 is 5.32 Å². The molecule has 0 spiro atoms. The van der Waals surface area contributed by atoms with Gasteiger partial charge in [-0.3, -0.25) is 10.1 Å². The minimum atomic E-state index is -0.329. The van der Waals surface area contributed by atoms with E-state index in [0.29, 0.717) is 16.4 Å². The summed E-state index contributed by atoms with van der Waals surface area (Å²) in [5.41, 5.74) is 1.20. The maximum absolute atomic E-state index is 10.9. The van der Waals surface area contributed by atoms with Crippen molar-refractivity contribution in [3.8, 4) is 0 Å². The van der Waals surface area contributed by atoms with Crippen molar-refractivity contribution < 1.29 is 4.92 Å². The van der Waals surface area contributed by atoms with Gasteiger partial charge in [0.25, 0.3) is 5.69 Å². The highest BCUT2D eigenvalue weighted by atomic mass is 79.9. The predicted octanol–water partition coefficient (Wildman–Crippen LogP) is 3.68. The molecule has 0 aromatic heterocycles. The summed E-state index contributed by atoms with van der Waals surface area (Å²) in [6.45, 7) is 0. The van der Waals surface area contributed by atoms with Crippen LogP contribution in [0.5, 0.6) is 0 Å². The summed E-state index contributed by atoms with van der Waals surface area (Å²) < 4.78 is 0.639. The molecule has 1 saturated carbocycles. The van der Waals surface area contributed by atoms with Gasteiger partial charge >= 0.3 is 0 Å². The molecule has 0 amide bonds. The van der Waals surface area contributed by atoms with Gasteiger partial charge in [-0.1, -0.05) is 25.0 Å². The molecule has 4 nitrogen and oxygen atoms in total. The number of hydrogen-bond donors (Lipinski definition) is 1. The Morgan fingerprint density at radius 1 is 1.42 bits per heavy atom. The fourth-order valence-corrected chi connectivity index (χ4v) is 3.55. The first-order valence-corrected chi connectivity index (χ1v) is 7.52. The molecule has 0 heterocycles.